The number of carbonyl (C=O) groups is 2. The third-order valence-electron chi connectivity index (χ3n) is 5.31. The third kappa shape index (κ3) is 7.97. The minimum atomic E-state index is -0.682. The van der Waals surface area contributed by atoms with Crippen LogP contribution in [0.3, 0.4) is 0 Å². The van der Waals surface area contributed by atoms with Gasteiger partial charge in [-0.15, -0.1) is 0 Å². The second-order valence-corrected chi connectivity index (χ2v) is 8.05. The maximum atomic E-state index is 12.8. The molecule has 8 heteroatoms. The van der Waals surface area contributed by atoms with Gasteiger partial charge in [-0.1, -0.05) is 22.9 Å². The number of rotatable bonds is 5. The topological polar surface area (TPSA) is 109 Å². The maximum Gasteiger partial charge on any atom is 0.342 e. The zero-order chi connectivity index (χ0) is 24.4. The van der Waals surface area contributed by atoms with Crippen molar-refractivity contribution in [2.24, 2.45) is 5.16 Å². The lowest BCUT2D eigenvalue weighted by atomic mass is 9.98. The molecule has 8 nitrogen and oxygen atoms in total. The Kier molecular flexibility index (Phi) is 9.97. The van der Waals surface area contributed by atoms with Gasteiger partial charge in [-0.3, -0.25) is 4.79 Å². The van der Waals surface area contributed by atoms with Crippen molar-refractivity contribution in [1.82, 2.24) is 4.90 Å². The molecule has 1 heterocycles. The van der Waals surface area contributed by atoms with Gasteiger partial charge in [0.1, 0.15) is 23.2 Å². The number of nitrogens with zero attached hydrogens (tertiary/aromatic N) is 2. The standard InChI is InChI=1S/C25H34N2O6/c1-5-27(6-2)23(30)16-32-26-20-12-17(3)10-8-7-9-11-18(4)33-25(31)24-19(13-20)14-21(28)15-22(24)29/h7,9,12,14-15,18,28-29H,5-6,8,10-11,13,16H2,1-4H3/b9-7+,17-12+,26-20?/t18-/m1/s1. The molecule has 0 radical (unpaired) electrons. The summed E-state index contributed by atoms with van der Waals surface area (Å²) in [5, 5.41) is 24.6. The van der Waals surface area contributed by atoms with E-state index in [-0.39, 0.29) is 42.1 Å². The molecule has 0 unspecified atom stereocenters. The Labute approximate surface area is 195 Å². The summed E-state index contributed by atoms with van der Waals surface area (Å²) in [5.74, 6) is -1.42. The van der Waals surface area contributed by atoms with E-state index in [0.717, 1.165) is 24.5 Å². The Morgan fingerprint density at radius 3 is 2.67 bits per heavy atom. The number of phenolic OH excluding ortho intramolecular Hbond substituents is 2. The van der Waals surface area contributed by atoms with Crippen LogP contribution in [0.25, 0.3) is 0 Å². The van der Waals surface area contributed by atoms with E-state index in [1.54, 1.807) is 11.8 Å². The van der Waals surface area contributed by atoms with Crippen molar-refractivity contribution in [3.8, 4) is 11.5 Å². The number of phenols is 2. The Morgan fingerprint density at radius 1 is 1.24 bits per heavy atom. The quantitative estimate of drug-likeness (QED) is 0.390. The summed E-state index contributed by atoms with van der Waals surface area (Å²) in [6, 6.07) is 2.50. The first-order chi connectivity index (χ1) is 15.7. The van der Waals surface area contributed by atoms with Crippen LogP contribution >= 0.6 is 0 Å². The van der Waals surface area contributed by atoms with Gasteiger partial charge in [0.05, 0.1) is 5.71 Å². The van der Waals surface area contributed by atoms with E-state index in [1.165, 1.54) is 6.07 Å². The first kappa shape index (κ1) is 26.0. The lowest BCUT2D eigenvalue weighted by Crippen LogP contribution is -2.33. The van der Waals surface area contributed by atoms with Crippen molar-refractivity contribution in [3.63, 3.8) is 0 Å². The summed E-state index contributed by atoms with van der Waals surface area (Å²) >= 11 is 0. The van der Waals surface area contributed by atoms with Crippen LogP contribution in [0, 0.1) is 0 Å². The summed E-state index contributed by atoms with van der Waals surface area (Å²) in [7, 11) is 0. The van der Waals surface area contributed by atoms with E-state index in [0.29, 0.717) is 30.8 Å². The molecule has 2 N–H and O–H groups in total. The molecule has 180 valence electrons. The zero-order valence-corrected chi connectivity index (χ0v) is 19.8. The van der Waals surface area contributed by atoms with Gasteiger partial charge in [0.15, 0.2) is 6.61 Å². The summed E-state index contributed by atoms with van der Waals surface area (Å²) in [6.07, 6.45) is 7.71. The fraction of sp³-hybridized carbons (Fsp3) is 0.480. The van der Waals surface area contributed by atoms with Crippen LogP contribution in [0.5, 0.6) is 11.5 Å². The van der Waals surface area contributed by atoms with Crippen molar-refractivity contribution < 1.29 is 29.4 Å². The van der Waals surface area contributed by atoms with Gasteiger partial charge in [0.25, 0.3) is 5.91 Å². The minimum absolute atomic E-state index is 0.0290. The van der Waals surface area contributed by atoms with Gasteiger partial charge in [-0.2, -0.15) is 0 Å². The van der Waals surface area contributed by atoms with Crippen LogP contribution in [0.4, 0.5) is 0 Å². The van der Waals surface area contributed by atoms with Crippen molar-refractivity contribution >= 4 is 17.6 Å². The second-order valence-electron chi connectivity index (χ2n) is 8.05. The summed E-state index contributed by atoms with van der Waals surface area (Å²) in [4.78, 5) is 32.0. The largest absolute Gasteiger partial charge is 0.508 e. The highest BCUT2D eigenvalue weighted by Crippen LogP contribution is 2.29. The molecule has 33 heavy (non-hydrogen) atoms. The number of likely N-dealkylation sites (N-methyl/N-ethyl adjacent to an activating group) is 1. The predicted molar refractivity (Wildman–Crippen MR) is 126 cm³/mol. The van der Waals surface area contributed by atoms with Crippen molar-refractivity contribution in [2.75, 3.05) is 19.7 Å². The number of hydrogen-bond acceptors (Lipinski definition) is 7. The number of cyclic esters (lactones) is 1. The summed E-state index contributed by atoms with van der Waals surface area (Å²) < 4.78 is 5.49. The molecular weight excluding hydrogens is 424 g/mol. The highest BCUT2D eigenvalue weighted by atomic mass is 16.6. The average molecular weight is 459 g/mol. The molecule has 0 aromatic heterocycles. The van der Waals surface area contributed by atoms with Gasteiger partial charge < -0.3 is 24.7 Å². The first-order valence-electron chi connectivity index (χ1n) is 11.3. The Hall–Kier alpha value is -3.29. The van der Waals surface area contributed by atoms with Crippen LogP contribution in [-0.2, 0) is 20.8 Å². The number of fused-ring (bicyclic) bond motifs is 1. The van der Waals surface area contributed by atoms with E-state index >= 15 is 0 Å². The van der Waals surface area contributed by atoms with Crippen LogP contribution < -0.4 is 0 Å². The van der Waals surface area contributed by atoms with Crippen LogP contribution in [0.15, 0.2) is 41.1 Å². The van der Waals surface area contributed by atoms with Crippen molar-refractivity contribution in [1.29, 1.82) is 0 Å². The fourth-order valence-electron chi connectivity index (χ4n) is 3.55. The SMILES string of the molecule is CCN(CC)C(=O)CON=C1/C=C(\C)CC/C=C/C[C@@H](C)OC(=O)c2c(O)cc(O)cc2C1. The van der Waals surface area contributed by atoms with E-state index < -0.39 is 5.97 Å². The molecule has 0 aliphatic carbocycles. The number of carbonyl (C=O) groups excluding carboxylic acids is 2. The highest BCUT2D eigenvalue weighted by Gasteiger charge is 2.22. The van der Waals surface area contributed by atoms with Crippen LogP contribution in [0.2, 0.25) is 0 Å². The highest BCUT2D eigenvalue weighted by molar-refractivity contribution is 6.01. The molecule has 0 saturated carbocycles. The monoisotopic (exact) mass is 458 g/mol. The normalized spacial score (nSPS) is 21.2. The fourth-order valence-corrected chi connectivity index (χ4v) is 3.55. The Balaban J connectivity index is 2.41. The minimum Gasteiger partial charge on any atom is -0.508 e. The number of ether oxygens (including phenoxy) is 1. The van der Waals surface area contributed by atoms with Crippen molar-refractivity contribution in [3.05, 3.63) is 47.1 Å². The third-order valence-corrected chi connectivity index (χ3v) is 5.31. The first-order valence-corrected chi connectivity index (χ1v) is 11.3. The number of esters is 1. The predicted octanol–water partition coefficient (Wildman–Crippen LogP) is 4.11. The van der Waals surface area contributed by atoms with Crippen LogP contribution in [0.1, 0.15) is 62.9 Å². The number of amides is 1. The van der Waals surface area contributed by atoms with Gasteiger partial charge in [-0.25, -0.2) is 4.79 Å². The smallest absolute Gasteiger partial charge is 0.342 e. The molecule has 1 atom stereocenters. The maximum absolute atomic E-state index is 12.8. The molecule has 1 aromatic carbocycles. The number of allylic oxidation sites excluding steroid dienone is 3. The number of oxime groups is 1. The van der Waals surface area contributed by atoms with E-state index in [2.05, 4.69) is 5.16 Å². The van der Waals surface area contributed by atoms with Crippen molar-refractivity contribution in [2.45, 2.75) is 59.5 Å². The molecule has 1 aliphatic heterocycles. The lowest BCUT2D eigenvalue weighted by molar-refractivity contribution is -0.135. The average Bonchev–Trinajstić information content (AvgIpc) is 2.73. The molecule has 0 bridgehead atoms. The van der Waals surface area contributed by atoms with E-state index in [1.807, 2.05) is 39.0 Å². The molecule has 1 aliphatic rings. The van der Waals surface area contributed by atoms with Gasteiger partial charge in [-0.05, 0) is 58.2 Å². The zero-order valence-electron chi connectivity index (χ0n) is 19.8. The lowest BCUT2D eigenvalue weighted by Gasteiger charge is -2.18. The van der Waals surface area contributed by atoms with E-state index in [4.69, 9.17) is 9.57 Å². The molecule has 0 saturated heterocycles. The second kappa shape index (κ2) is 12.7. The van der Waals surface area contributed by atoms with E-state index in [9.17, 15) is 19.8 Å². The molecular formula is C25H34N2O6. The van der Waals surface area contributed by atoms with Crippen LogP contribution in [-0.4, -0.2) is 58.5 Å². The molecule has 0 fully saturated rings. The Bertz CT molecular complexity index is 931. The molecule has 1 aromatic rings. The number of aromatic hydroxyl groups is 2. The van der Waals surface area contributed by atoms with Gasteiger partial charge in [0, 0.05) is 32.0 Å². The van der Waals surface area contributed by atoms with Gasteiger partial charge in [0.2, 0.25) is 0 Å². The number of benzene rings is 1. The van der Waals surface area contributed by atoms with Gasteiger partial charge >= 0.3 is 5.97 Å². The summed E-state index contributed by atoms with van der Waals surface area (Å²) in [5.41, 5.74) is 1.81. The summed E-state index contributed by atoms with van der Waals surface area (Å²) in [6.45, 7) is 8.47. The molecule has 2 rings (SSSR count). The molecule has 0 spiro atoms. The Morgan fingerprint density at radius 2 is 1.97 bits per heavy atom. The molecule has 1 amide bonds. The number of hydrogen-bond donors (Lipinski definition) is 2.